The second-order valence-electron chi connectivity index (χ2n) is 44.0. The molecule has 0 spiro atoms. The molecule has 2 heterocycles. The molecule has 24 rings (SSSR count). The van der Waals surface area contributed by atoms with E-state index in [0.29, 0.717) is 65.1 Å². The summed E-state index contributed by atoms with van der Waals surface area (Å²) in [5.41, 5.74) is 17.7. The molecule has 20 aromatic carbocycles. The highest BCUT2D eigenvalue weighted by Crippen LogP contribution is 2.40. The Kier molecular flexibility index (Phi) is 40.5. The monoisotopic (exact) mass is 1980 g/mol. The molecular weight excluding hydrogens is 1810 g/mol. The van der Waals surface area contributed by atoms with E-state index >= 15 is 0 Å². The maximum absolute atomic E-state index is 5.09. The van der Waals surface area contributed by atoms with Gasteiger partial charge >= 0.3 is 0 Å². The number of benzene rings is 20. The number of rotatable bonds is 12. The Balaban J connectivity index is 0.000000130. The van der Waals surface area contributed by atoms with E-state index in [1.807, 2.05) is 29.5 Å². The quantitative estimate of drug-likeness (QED) is 0.0878. The third-order valence-corrected chi connectivity index (χ3v) is 30.6. The minimum atomic E-state index is 0.519. The largest absolute Gasteiger partial charge is 0.469 e. The van der Waals surface area contributed by atoms with E-state index in [4.69, 9.17) is 4.42 Å². The second-order valence-corrected chi connectivity index (χ2v) is 45.0. The first-order valence-electron chi connectivity index (χ1n) is 55.4. The second kappa shape index (κ2) is 54.4. The van der Waals surface area contributed by atoms with Gasteiger partial charge in [-0.25, -0.2) is 0 Å². The third kappa shape index (κ3) is 29.9. The van der Waals surface area contributed by atoms with Crippen LogP contribution in [0, 0.1) is 0 Å². The van der Waals surface area contributed by atoms with E-state index in [1.165, 1.54) is 213 Å². The normalized spacial score (nSPS) is 12.1. The topological polar surface area (TPSA) is 13.1 Å². The van der Waals surface area contributed by atoms with Crippen LogP contribution in [0.2, 0.25) is 0 Å². The maximum atomic E-state index is 5.09. The standard InChI is InChI=1S/4C17H16.C15H16.C15H22.2C13H14.C9H12.C7H10O.C7H10S/c1-12(2)17-15-9-5-3-7-13(15)11-14-8-4-6-10-16(14)17;1-12(2)16-9-5-8-15-10-13-6-3-4-7-14(13)11-17(15)16;1-12(2)14-8-5-9-16-15-7-4-3-6-13(15)10-11-17(14)16;1-12(2)13-7-8-16-10-14-5-3-4-6-15(14)11-17(16)9-13;1-10(2)13-9-8-12-7-6-11-4-3-5-14(13)15(11)12;1-12(2)13-8-10-15(11-9-13)14-6-4-3-5-7-14;1-10(2)12-9-5-7-11-6-3-4-8-13(11)12;1-10(2)12-8-7-11-5-3-4-6-13(11)9-12;1-8(2)9-6-4-3-5-7-9;2*1-6(2)7-4-3-5-8-7/h4*3-12H,1-2H3;3-5,8-10H,6-7H2,1-2H3;8-12,14H,3-7H2,1-2H3;2*3-10H,1-2H3;3-8H,1-2H3;2*3-6H,1-2H3. The molecule has 1 fully saturated rings. The first-order valence-corrected chi connectivity index (χ1v) is 56.3. The average Bonchev–Trinajstić information content (AvgIpc) is 1.65. The van der Waals surface area contributed by atoms with E-state index in [0.717, 1.165) is 11.7 Å². The van der Waals surface area contributed by atoms with E-state index in [1.54, 1.807) is 28.3 Å². The van der Waals surface area contributed by atoms with Crippen molar-refractivity contribution < 1.29 is 4.42 Å². The summed E-state index contributed by atoms with van der Waals surface area (Å²) in [7, 11) is 0. The van der Waals surface area contributed by atoms with Gasteiger partial charge in [0.2, 0.25) is 0 Å². The van der Waals surface area contributed by atoms with Gasteiger partial charge in [-0.05, 0) is 330 Å². The molecule has 0 amide bonds. The molecule has 0 atom stereocenters. The highest BCUT2D eigenvalue weighted by molar-refractivity contribution is 7.10. The van der Waals surface area contributed by atoms with Crippen LogP contribution in [-0.4, -0.2) is 0 Å². The third-order valence-electron chi connectivity index (χ3n) is 29.4. The Labute approximate surface area is 897 Å². The van der Waals surface area contributed by atoms with Crippen LogP contribution in [0.15, 0.2) is 429 Å². The zero-order valence-electron chi connectivity index (χ0n) is 93.1. The van der Waals surface area contributed by atoms with Crippen LogP contribution in [0.4, 0.5) is 0 Å². The van der Waals surface area contributed by atoms with E-state index in [-0.39, 0.29) is 0 Å². The Hall–Kier alpha value is -13.8. The molecule has 1 saturated carbocycles. The summed E-state index contributed by atoms with van der Waals surface area (Å²) in [6.45, 7) is 49.1. The molecule has 762 valence electrons. The molecular formula is C147H162OS. The lowest BCUT2D eigenvalue weighted by atomic mass is 9.83. The number of fused-ring (bicyclic) bond motifs is 11. The Morgan fingerprint density at radius 1 is 0.208 bits per heavy atom. The zero-order valence-corrected chi connectivity index (χ0v) is 93.9. The number of furan rings is 1. The predicted molar refractivity (Wildman–Crippen MR) is 662 cm³/mol. The summed E-state index contributed by atoms with van der Waals surface area (Å²) in [5.74, 6) is 8.56. The van der Waals surface area contributed by atoms with Crippen molar-refractivity contribution in [1.82, 2.24) is 0 Å². The van der Waals surface area contributed by atoms with Gasteiger partial charge in [0, 0.05) is 10.8 Å². The van der Waals surface area contributed by atoms with Crippen molar-refractivity contribution in [2.24, 2.45) is 0 Å². The molecule has 2 heteroatoms. The summed E-state index contributed by atoms with van der Waals surface area (Å²) in [6.07, 6.45) is 11.3. The number of thiophene rings is 1. The van der Waals surface area contributed by atoms with Crippen LogP contribution in [0.3, 0.4) is 0 Å². The van der Waals surface area contributed by atoms with Gasteiger partial charge in [0.15, 0.2) is 0 Å². The van der Waals surface area contributed by atoms with Gasteiger partial charge in [-0.2, -0.15) is 0 Å². The highest BCUT2D eigenvalue weighted by atomic mass is 32.1. The minimum absolute atomic E-state index is 0.519. The van der Waals surface area contributed by atoms with Crippen molar-refractivity contribution in [2.75, 3.05) is 0 Å². The molecule has 0 radical (unpaired) electrons. The van der Waals surface area contributed by atoms with Crippen LogP contribution >= 0.6 is 11.3 Å². The molecule has 0 unspecified atom stereocenters. The molecule has 0 saturated heterocycles. The number of hydrogen-bond acceptors (Lipinski definition) is 2. The van der Waals surface area contributed by atoms with Gasteiger partial charge in [-0.1, -0.05) is 536 Å². The summed E-state index contributed by atoms with van der Waals surface area (Å²) >= 11 is 1.83. The van der Waals surface area contributed by atoms with Crippen molar-refractivity contribution in [2.45, 2.75) is 268 Å². The van der Waals surface area contributed by atoms with E-state index < -0.39 is 0 Å². The molecule has 0 aliphatic heterocycles. The molecule has 22 aromatic rings. The molecule has 1 nitrogen and oxygen atoms in total. The lowest BCUT2D eigenvalue weighted by molar-refractivity contribution is 0.443. The van der Waals surface area contributed by atoms with Crippen molar-refractivity contribution in [1.29, 1.82) is 0 Å². The van der Waals surface area contributed by atoms with E-state index in [9.17, 15) is 0 Å². The summed E-state index contributed by atoms with van der Waals surface area (Å²) in [6, 6.07) is 149. The van der Waals surface area contributed by atoms with Gasteiger partial charge < -0.3 is 4.42 Å². The molecule has 0 bridgehead atoms. The van der Waals surface area contributed by atoms with Gasteiger partial charge in [-0.3, -0.25) is 0 Å². The SMILES string of the molecule is CC(C)c1c2ccccc2cc2ccccc12.CC(C)c1ccc(C2CCCCC2)cc1.CC(C)c1ccc2c3c(cccc13)CC2.CC(C)c1ccc2cc3ccccc3cc2c1.CC(C)c1ccc2ccccc2c1.CC(C)c1cccc2c1ccc1ccccc12.CC(C)c1cccc2cc3ccccc3cc12.CC(C)c1cccc2ccccc12.CC(C)c1ccccc1.CC(C)c1ccco1.CC(C)c1cccs1. The highest BCUT2D eigenvalue weighted by Gasteiger charge is 2.20. The first kappa shape index (κ1) is 111. The lowest BCUT2D eigenvalue weighted by Gasteiger charge is -2.22. The fourth-order valence-electron chi connectivity index (χ4n) is 20.8. The maximum Gasteiger partial charge on any atom is 0.106 e. The first-order chi connectivity index (χ1) is 72.0. The minimum Gasteiger partial charge on any atom is -0.469 e. The summed E-state index contributed by atoms with van der Waals surface area (Å²) in [4.78, 5) is 1.48. The Morgan fingerprint density at radius 3 is 1.08 bits per heavy atom. The smallest absolute Gasteiger partial charge is 0.106 e. The predicted octanol–water partition coefficient (Wildman–Crippen LogP) is 45.4. The Morgan fingerprint density at radius 2 is 0.584 bits per heavy atom. The van der Waals surface area contributed by atoms with Crippen LogP contribution in [0.25, 0.3) is 118 Å². The fraction of sp³-hybridized carbons (Fsp3) is 0.279. The van der Waals surface area contributed by atoms with Gasteiger partial charge in [0.1, 0.15) is 5.76 Å². The fourth-order valence-corrected chi connectivity index (χ4v) is 21.6. The number of hydrogen-bond donors (Lipinski definition) is 0. The molecule has 149 heavy (non-hydrogen) atoms. The van der Waals surface area contributed by atoms with Gasteiger partial charge in [-0.15, -0.1) is 11.3 Å². The van der Waals surface area contributed by atoms with Crippen molar-refractivity contribution in [3.8, 4) is 0 Å². The van der Waals surface area contributed by atoms with Crippen molar-refractivity contribution in [3.05, 3.63) is 502 Å². The van der Waals surface area contributed by atoms with Gasteiger partial charge in [0.25, 0.3) is 0 Å². The molecule has 0 N–H and O–H groups in total. The average molecular weight is 1980 g/mol. The lowest BCUT2D eigenvalue weighted by Crippen LogP contribution is -2.04. The zero-order chi connectivity index (χ0) is 106. The summed E-state index contributed by atoms with van der Waals surface area (Å²) in [5, 5.41) is 32.1. The van der Waals surface area contributed by atoms with Crippen molar-refractivity contribution in [3.63, 3.8) is 0 Å². The van der Waals surface area contributed by atoms with Gasteiger partial charge in [0.05, 0.1) is 6.26 Å². The van der Waals surface area contributed by atoms with Crippen LogP contribution in [0.5, 0.6) is 0 Å². The molecule has 2 aliphatic carbocycles. The molecule has 2 aromatic heterocycles. The van der Waals surface area contributed by atoms with Crippen LogP contribution in [-0.2, 0) is 12.8 Å². The van der Waals surface area contributed by atoms with Crippen LogP contribution in [0.1, 0.15) is 333 Å². The summed E-state index contributed by atoms with van der Waals surface area (Å²) < 4.78 is 5.09. The Bertz CT molecular complexity index is 7770. The molecule has 2 aliphatic rings. The van der Waals surface area contributed by atoms with Crippen LogP contribution < -0.4 is 0 Å². The van der Waals surface area contributed by atoms with Crippen molar-refractivity contribution >= 4 is 130 Å². The van der Waals surface area contributed by atoms with E-state index in [2.05, 4.69) is 552 Å². The number of aryl methyl sites for hydroxylation is 2.